The summed E-state index contributed by atoms with van der Waals surface area (Å²) >= 11 is 0. The van der Waals surface area contributed by atoms with Crippen molar-refractivity contribution in [2.75, 3.05) is 26.2 Å². The Hall–Kier alpha value is -2.27. The quantitative estimate of drug-likeness (QED) is 0.808. The number of benzene rings is 1. The molecule has 1 atom stereocenters. The molecular formula is C19H22N4O. The van der Waals surface area contributed by atoms with E-state index in [4.69, 9.17) is 0 Å². The van der Waals surface area contributed by atoms with Gasteiger partial charge in [-0.1, -0.05) is 38.1 Å². The predicted octanol–water partition coefficient (Wildman–Crippen LogP) is 2.27. The number of aromatic nitrogens is 2. The van der Waals surface area contributed by atoms with E-state index in [0.717, 1.165) is 19.6 Å². The van der Waals surface area contributed by atoms with E-state index in [-0.39, 0.29) is 17.4 Å². The fourth-order valence-electron chi connectivity index (χ4n) is 4.06. The summed E-state index contributed by atoms with van der Waals surface area (Å²) in [6.45, 7) is 7.99. The predicted molar refractivity (Wildman–Crippen MR) is 91.7 cm³/mol. The molecule has 1 unspecified atom stereocenters. The Morgan fingerprint density at radius 3 is 2.83 bits per heavy atom. The molecule has 1 aromatic carbocycles. The van der Waals surface area contributed by atoms with Crippen LogP contribution < -0.4 is 0 Å². The molecule has 0 radical (unpaired) electrons. The van der Waals surface area contributed by atoms with Gasteiger partial charge in [-0.25, -0.2) is 4.98 Å². The summed E-state index contributed by atoms with van der Waals surface area (Å²) in [4.78, 5) is 25.3. The van der Waals surface area contributed by atoms with Crippen LogP contribution in [0, 0.1) is 0 Å². The van der Waals surface area contributed by atoms with Gasteiger partial charge < -0.3 is 4.90 Å². The molecule has 0 bridgehead atoms. The van der Waals surface area contributed by atoms with Crippen molar-refractivity contribution in [3.05, 3.63) is 59.7 Å². The largest absolute Gasteiger partial charge is 0.334 e. The number of fused-ring (bicyclic) bond motifs is 3. The van der Waals surface area contributed by atoms with E-state index in [0.29, 0.717) is 12.2 Å². The molecule has 2 aliphatic rings. The van der Waals surface area contributed by atoms with Gasteiger partial charge in [0.15, 0.2) is 0 Å². The third-order valence-electron chi connectivity index (χ3n) is 5.21. The molecule has 1 saturated heterocycles. The van der Waals surface area contributed by atoms with Gasteiger partial charge in [0.25, 0.3) is 5.91 Å². The van der Waals surface area contributed by atoms with Gasteiger partial charge in [-0.15, -0.1) is 0 Å². The first kappa shape index (κ1) is 15.3. The third kappa shape index (κ3) is 2.49. The van der Waals surface area contributed by atoms with Crippen LogP contribution in [-0.2, 0) is 5.41 Å². The van der Waals surface area contributed by atoms with Crippen molar-refractivity contribution in [3.63, 3.8) is 0 Å². The van der Waals surface area contributed by atoms with Gasteiger partial charge in [0.1, 0.15) is 5.69 Å². The average molecular weight is 322 g/mol. The lowest BCUT2D eigenvalue weighted by Gasteiger charge is -2.49. The van der Waals surface area contributed by atoms with Crippen LogP contribution in [0.1, 0.15) is 41.5 Å². The number of amides is 1. The highest BCUT2D eigenvalue weighted by Gasteiger charge is 2.41. The van der Waals surface area contributed by atoms with Crippen molar-refractivity contribution >= 4 is 5.91 Å². The van der Waals surface area contributed by atoms with E-state index in [9.17, 15) is 4.79 Å². The number of carbonyl (C=O) groups excluding carboxylic acids is 1. The number of hydrogen-bond donors (Lipinski definition) is 0. The Labute approximate surface area is 142 Å². The summed E-state index contributed by atoms with van der Waals surface area (Å²) in [6.07, 6.45) is 4.71. The lowest BCUT2D eigenvalue weighted by Crippen LogP contribution is -2.56. The standard InChI is InChI=1S/C19H22N4O/c1-19(2)13-23-10-9-22(18(24)16-11-20-7-8-21-16)12-17(23)14-5-3-4-6-15(14)19/h3-8,11,17H,9-10,12-13H2,1-2H3. The van der Waals surface area contributed by atoms with Gasteiger partial charge in [0, 0.05) is 44.0 Å². The van der Waals surface area contributed by atoms with Crippen LogP contribution in [0.25, 0.3) is 0 Å². The minimum Gasteiger partial charge on any atom is -0.334 e. The van der Waals surface area contributed by atoms with E-state index in [1.54, 1.807) is 18.6 Å². The molecule has 1 aromatic heterocycles. The maximum absolute atomic E-state index is 12.7. The zero-order valence-electron chi connectivity index (χ0n) is 14.1. The minimum absolute atomic E-state index is 0.0231. The summed E-state index contributed by atoms with van der Waals surface area (Å²) in [5.74, 6) is -0.0231. The lowest BCUT2D eigenvalue weighted by molar-refractivity contribution is 0.0355. The van der Waals surface area contributed by atoms with E-state index in [1.807, 2.05) is 4.90 Å². The van der Waals surface area contributed by atoms with Crippen LogP contribution in [0.4, 0.5) is 0 Å². The highest BCUT2D eigenvalue weighted by atomic mass is 16.2. The smallest absolute Gasteiger partial charge is 0.274 e. The second-order valence-electron chi connectivity index (χ2n) is 7.30. The number of rotatable bonds is 1. The number of nitrogens with zero attached hydrogens (tertiary/aromatic N) is 4. The molecule has 0 N–H and O–H groups in total. The zero-order chi connectivity index (χ0) is 16.7. The SMILES string of the molecule is CC1(C)CN2CCN(C(=O)c3cnccn3)CC2c2ccccc21. The van der Waals surface area contributed by atoms with Crippen molar-refractivity contribution in [1.82, 2.24) is 19.8 Å². The van der Waals surface area contributed by atoms with Gasteiger partial charge in [-0.05, 0) is 11.1 Å². The number of hydrogen-bond acceptors (Lipinski definition) is 4. The van der Waals surface area contributed by atoms with Gasteiger partial charge in [0.05, 0.1) is 12.2 Å². The van der Waals surface area contributed by atoms with Crippen LogP contribution >= 0.6 is 0 Å². The summed E-state index contributed by atoms with van der Waals surface area (Å²) in [6, 6.07) is 8.92. The highest BCUT2D eigenvalue weighted by Crippen LogP contribution is 2.41. The maximum atomic E-state index is 12.7. The molecule has 2 aliphatic heterocycles. The fraction of sp³-hybridized carbons (Fsp3) is 0.421. The van der Waals surface area contributed by atoms with Crippen LogP contribution in [-0.4, -0.2) is 51.9 Å². The first-order valence-electron chi connectivity index (χ1n) is 8.45. The number of carbonyl (C=O) groups is 1. The number of piperazine rings is 1. The van der Waals surface area contributed by atoms with Gasteiger partial charge in [0.2, 0.25) is 0 Å². The van der Waals surface area contributed by atoms with E-state index >= 15 is 0 Å². The first-order chi connectivity index (χ1) is 11.6. The van der Waals surface area contributed by atoms with Crippen molar-refractivity contribution in [3.8, 4) is 0 Å². The Morgan fingerprint density at radius 1 is 1.21 bits per heavy atom. The molecular weight excluding hydrogens is 300 g/mol. The monoisotopic (exact) mass is 322 g/mol. The Bertz CT molecular complexity index is 759. The van der Waals surface area contributed by atoms with Gasteiger partial charge in [-0.3, -0.25) is 14.7 Å². The van der Waals surface area contributed by atoms with Crippen LogP contribution in [0.3, 0.4) is 0 Å². The highest BCUT2D eigenvalue weighted by molar-refractivity contribution is 5.92. The van der Waals surface area contributed by atoms with E-state index in [1.165, 1.54) is 11.1 Å². The third-order valence-corrected chi connectivity index (χ3v) is 5.21. The molecule has 5 nitrogen and oxygen atoms in total. The topological polar surface area (TPSA) is 49.3 Å². The molecule has 3 heterocycles. The van der Waals surface area contributed by atoms with E-state index < -0.39 is 0 Å². The molecule has 0 spiro atoms. The molecule has 0 saturated carbocycles. The molecule has 0 aliphatic carbocycles. The maximum Gasteiger partial charge on any atom is 0.274 e. The minimum atomic E-state index is -0.0231. The van der Waals surface area contributed by atoms with Crippen molar-refractivity contribution in [1.29, 1.82) is 0 Å². The van der Waals surface area contributed by atoms with Crippen LogP contribution in [0.2, 0.25) is 0 Å². The second kappa shape index (κ2) is 5.67. The normalized spacial score (nSPS) is 22.6. The Morgan fingerprint density at radius 2 is 2.04 bits per heavy atom. The molecule has 2 aromatic rings. The molecule has 1 fully saturated rings. The summed E-state index contributed by atoms with van der Waals surface area (Å²) in [7, 11) is 0. The van der Waals surface area contributed by atoms with Crippen LogP contribution in [0.5, 0.6) is 0 Å². The molecule has 124 valence electrons. The van der Waals surface area contributed by atoms with Crippen molar-refractivity contribution in [2.45, 2.75) is 25.3 Å². The van der Waals surface area contributed by atoms with Crippen LogP contribution in [0.15, 0.2) is 42.9 Å². The first-order valence-corrected chi connectivity index (χ1v) is 8.45. The Balaban J connectivity index is 1.64. The van der Waals surface area contributed by atoms with Gasteiger partial charge in [-0.2, -0.15) is 0 Å². The Kier molecular flexibility index (Phi) is 3.61. The molecule has 5 heteroatoms. The summed E-state index contributed by atoms with van der Waals surface area (Å²) < 4.78 is 0. The molecule has 24 heavy (non-hydrogen) atoms. The van der Waals surface area contributed by atoms with Crippen molar-refractivity contribution < 1.29 is 4.79 Å². The molecule has 4 rings (SSSR count). The average Bonchev–Trinajstić information content (AvgIpc) is 2.61. The fourth-order valence-corrected chi connectivity index (χ4v) is 4.06. The second-order valence-corrected chi connectivity index (χ2v) is 7.30. The lowest BCUT2D eigenvalue weighted by atomic mass is 9.75. The summed E-state index contributed by atoms with van der Waals surface area (Å²) in [5.41, 5.74) is 3.32. The zero-order valence-corrected chi connectivity index (χ0v) is 14.1. The summed E-state index contributed by atoms with van der Waals surface area (Å²) in [5, 5.41) is 0. The van der Waals surface area contributed by atoms with Crippen molar-refractivity contribution in [2.24, 2.45) is 0 Å². The molecule has 1 amide bonds. The van der Waals surface area contributed by atoms with E-state index in [2.05, 4.69) is 53.0 Å². The van der Waals surface area contributed by atoms with Gasteiger partial charge >= 0.3 is 0 Å².